The number of aromatic nitrogens is 12. The van der Waals surface area contributed by atoms with Gasteiger partial charge in [-0.05, 0) is 301 Å². The Hall–Kier alpha value is -13.4. The molecule has 0 fully saturated rings. The van der Waals surface area contributed by atoms with Crippen LogP contribution in [0.1, 0.15) is 182 Å². The van der Waals surface area contributed by atoms with Gasteiger partial charge in [0.2, 0.25) is 0 Å². The van der Waals surface area contributed by atoms with Gasteiger partial charge < -0.3 is 27.9 Å². The van der Waals surface area contributed by atoms with Gasteiger partial charge in [-0.3, -0.25) is 14.0 Å². The van der Waals surface area contributed by atoms with Gasteiger partial charge in [0.15, 0.2) is 0 Å². The molecule has 21 rings (SSSR count). The molecule has 732 valence electrons. The molecule has 0 amide bonds. The van der Waals surface area contributed by atoms with Crippen LogP contribution in [0, 0.1) is 98.7 Å². The van der Waals surface area contributed by atoms with Crippen molar-refractivity contribution >= 4 is 65.4 Å². The largest absolute Gasteiger partial charge is 2.00 e. The van der Waals surface area contributed by atoms with Crippen LogP contribution < -0.4 is 14.2 Å². The van der Waals surface area contributed by atoms with Crippen LogP contribution in [0.2, 0.25) is 0 Å². The molecule has 0 N–H and O–H groups in total. The number of fused-ring (bicyclic) bond motifs is 9. The van der Waals surface area contributed by atoms with Crippen molar-refractivity contribution < 1.29 is 77.4 Å². The van der Waals surface area contributed by atoms with Gasteiger partial charge in [0, 0.05) is 105 Å². The van der Waals surface area contributed by atoms with Crippen LogP contribution in [0.25, 0.3) is 133 Å². The molecule has 0 aliphatic carbocycles. The third-order valence-corrected chi connectivity index (χ3v) is 27.3. The topological polar surface area (TPSA) is 135 Å². The first kappa shape index (κ1) is 103. The van der Waals surface area contributed by atoms with Crippen LogP contribution in [0.5, 0.6) is 34.5 Å². The van der Waals surface area contributed by atoms with E-state index in [0.29, 0.717) is 34.5 Å². The van der Waals surface area contributed by atoms with Crippen molar-refractivity contribution in [1.29, 1.82) is 0 Å². The third-order valence-electron chi connectivity index (χ3n) is 27.3. The molecule has 0 aliphatic heterocycles. The van der Waals surface area contributed by atoms with E-state index in [2.05, 4.69) is 311 Å². The zero-order valence-electron chi connectivity index (χ0n) is 84.8. The molecule has 15 nitrogen and oxygen atoms in total. The fraction of sp³-hybridized carbons (Fsp3) is 0.238. The van der Waals surface area contributed by atoms with Gasteiger partial charge in [0.05, 0.1) is 18.6 Å². The molecular formula is C126H120N12O3Pt3. The molecule has 9 heterocycles. The van der Waals surface area contributed by atoms with Gasteiger partial charge >= 0.3 is 63.2 Å². The Morgan fingerprint density at radius 2 is 0.569 bits per heavy atom. The van der Waals surface area contributed by atoms with Crippen molar-refractivity contribution in [3.05, 3.63) is 394 Å². The van der Waals surface area contributed by atoms with Gasteiger partial charge in [-0.1, -0.05) is 177 Å². The maximum atomic E-state index is 6.42. The van der Waals surface area contributed by atoms with Crippen molar-refractivity contribution in [2.45, 2.75) is 201 Å². The Bertz CT molecular complexity index is 8160. The summed E-state index contributed by atoms with van der Waals surface area (Å²) in [6.07, 6.45) is 33.6. The zero-order valence-corrected chi connectivity index (χ0v) is 91.7. The van der Waals surface area contributed by atoms with Gasteiger partial charge in [-0.25, -0.2) is 15.0 Å². The van der Waals surface area contributed by atoms with Crippen LogP contribution in [-0.2, 0) is 108 Å². The first-order valence-electron chi connectivity index (χ1n) is 50.1. The average molecular weight is 2440 g/mol. The third kappa shape index (κ3) is 21.2. The van der Waals surface area contributed by atoms with E-state index in [-0.39, 0.29) is 63.2 Å². The van der Waals surface area contributed by atoms with E-state index in [1.54, 1.807) is 5.56 Å². The first-order valence-corrected chi connectivity index (χ1v) is 50.1. The van der Waals surface area contributed by atoms with Crippen LogP contribution in [0.4, 0.5) is 0 Å². The summed E-state index contributed by atoms with van der Waals surface area (Å²) in [5.41, 5.74) is 37.9. The predicted octanol–water partition coefficient (Wildman–Crippen LogP) is 31.7. The molecule has 0 bridgehead atoms. The zero-order chi connectivity index (χ0) is 97.6. The molecule has 0 spiro atoms. The number of ether oxygens (including phenoxy) is 3. The van der Waals surface area contributed by atoms with E-state index >= 15 is 0 Å². The fourth-order valence-electron chi connectivity index (χ4n) is 21.0. The molecule has 0 radical (unpaired) electrons. The van der Waals surface area contributed by atoms with Crippen LogP contribution in [0.3, 0.4) is 0 Å². The van der Waals surface area contributed by atoms with E-state index in [1.807, 2.05) is 142 Å². The minimum Gasteiger partial charge on any atom is -0.509 e. The average Bonchev–Trinajstić information content (AvgIpc) is 1.56. The molecule has 12 aromatic carbocycles. The van der Waals surface area contributed by atoms with Crippen LogP contribution >= 0.6 is 0 Å². The number of hydrogen-bond donors (Lipinski definition) is 0. The molecule has 9 aromatic heterocycles. The van der Waals surface area contributed by atoms with Gasteiger partial charge in [0.25, 0.3) is 0 Å². The fourth-order valence-corrected chi connectivity index (χ4v) is 21.0. The van der Waals surface area contributed by atoms with Crippen molar-refractivity contribution in [3.8, 4) is 102 Å². The minimum atomic E-state index is 0. The predicted molar refractivity (Wildman–Crippen MR) is 577 cm³/mol. The van der Waals surface area contributed by atoms with Gasteiger partial charge in [-0.15, -0.1) is 107 Å². The summed E-state index contributed by atoms with van der Waals surface area (Å²) in [6.45, 7) is 35.7. The quantitative estimate of drug-likeness (QED) is 0.0420. The number of aryl methyl sites for hydroxylation is 7. The number of para-hydroxylation sites is 3. The van der Waals surface area contributed by atoms with E-state index in [1.165, 1.54) is 83.5 Å². The monoisotopic (exact) mass is 2430 g/mol. The van der Waals surface area contributed by atoms with Crippen molar-refractivity contribution in [2.75, 3.05) is 0 Å². The smallest absolute Gasteiger partial charge is 0.509 e. The Morgan fingerprint density at radius 3 is 0.917 bits per heavy atom. The summed E-state index contributed by atoms with van der Waals surface area (Å²) in [4.78, 5) is 14.1. The first-order chi connectivity index (χ1) is 68.8. The summed E-state index contributed by atoms with van der Waals surface area (Å²) in [5.74, 6) is 6.22. The van der Waals surface area contributed by atoms with E-state index in [9.17, 15) is 0 Å². The number of rotatable bonds is 29. The maximum Gasteiger partial charge on any atom is 2.00 e. The summed E-state index contributed by atoms with van der Waals surface area (Å²) >= 11 is 0. The molecule has 18 heteroatoms. The second-order valence-corrected chi connectivity index (χ2v) is 37.4. The summed E-state index contributed by atoms with van der Waals surface area (Å²) in [5, 5.41) is 21.1. The second-order valence-electron chi connectivity index (χ2n) is 37.4. The minimum absolute atomic E-state index is 0. The Labute approximate surface area is 890 Å². The second kappa shape index (κ2) is 46.1. The Kier molecular flexibility index (Phi) is 33.1. The maximum absolute atomic E-state index is 6.42. The molecule has 21 aromatic rings. The summed E-state index contributed by atoms with van der Waals surface area (Å²) in [6, 6.07) is 93.2. The van der Waals surface area contributed by atoms with E-state index < -0.39 is 0 Å². The normalized spacial score (nSPS) is 11.3. The summed E-state index contributed by atoms with van der Waals surface area (Å²) in [7, 11) is 0. The molecule has 0 saturated carbocycles. The van der Waals surface area contributed by atoms with Crippen molar-refractivity contribution in [3.63, 3.8) is 0 Å². The van der Waals surface area contributed by atoms with E-state index in [4.69, 9.17) is 34.5 Å². The molecule has 144 heavy (non-hydrogen) atoms. The standard InChI is InChI=1S/C44H44N4O.2C41H38N4O.3Pt/c1-7-13-36-30(5)44(31(6)37(14-8-2)38(36)15-9-3)32-27-46-47(28-32)33-16-12-17-34(25-33)49-35-20-21-40-39-18-10-11-19-41(39)48(42(40)26-35)43-24-29(4)22-23-45-43;1-6-11-30-22-31(12-7-2)29(5)41(28(30)4)32-25-43-44(26-32)33-13-10-14-34(23-33)46-35-17-18-37-36-15-8-9-16-38(36)45(39(37)24-35)40-21-27(3)19-20-42-40;1-6-11-30-22-28(4)41(29(5)35(30)12-7-2)31-25-43-44(26-31)32-13-10-14-33(23-32)46-34-17-18-37-36-15-8-9-16-38(36)45(39(37)24-34)40-21-27(3)19-20-42-40;;;/h10-12,16-24,27-28H,7-9,13-15H2,1-6H3;2*8-10,13-22,25-26H,6-7,11-12H2,1-5H3;;;/q3*-2;3*+2. The Morgan fingerprint density at radius 1 is 0.264 bits per heavy atom. The van der Waals surface area contributed by atoms with Gasteiger partial charge in [0.1, 0.15) is 17.5 Å². The number of nitrogens with zero attached hydrogens (tertiary/aromatic N) is 12. The Balaban J connectivity index is 0.000000153. The van der Waals surface area contributed by atoms with E-state index in [0.717, 1.165) is 223 Å². The van der Waals surface area contributed by atoms with Crippen LogP contribution in [0.15, 0.2) is 268 Å². The molecule has 0 unspecified atom stereocenters. The van der Waals surface area contributed by atoms with Gasteiger partial charge in [-0.2, -0.15) is 51.7 Å². The molecule has 0 saturated heterocycles. The van der Waals surface area contributed by atoms with Crippen LogP contribution in [-0.4, -0.2) is 58.0 Å². The van der Waals surface area contributed by atoms with Crippen molar-refractivity contribution in [2.24, 2.45) is 0 Å². The number of pyridine rings is 3. The molecule has 0 atom stereocenters. The summed E-state index contributed by atoms with van der Waals surface area (Å²) < 4.78 is 31.3. The SMILES string of the molecule is CCCc1c(C)c(-c2cnn(-c3[c-]c(Oc4[c-]c5c(cc4)c4ccccc4n5-c4cc(C)ccn4)ccc3)c2)c(C)c(CCC)c1CCC.CCCc1cc(C)c(-c2cnn(-c3[c-]c(Oc4[c-]c5c(cc4)c4ccccc4n5-c4cc(C)ccn4)ccc3)c2)c(C)c1CCC.CCCc1cc(CCC)c(C)c(-c2cnn(-c3[c-]c(Oc4[c-]c5c(cc4)c4ccccc4n5-c4cc(C)ccn4)ccc3)c2)c1C.[Pt+2].[Pt+2].[Pt+2]. The number of benzene rings is 12. The molecular weight excluding hydrogens is 2310 g/mol. The number of hydrogen-bond acceptors (Lipinski definition) is 9. The molecule has 0 aliphatic rings. The van der Waals surface area contributed by atoms with Crippen molar-refractivity contribution in [1.82, 2.24) is 58.0 Å².